The second-order valence-corrected chi connectivity index (χ2v) is 9.02. The summed E-state index contributed by atoms with van der Waals surface area (Å²) in [5, 5.41) is 10.3. The molecule has 0 saturated heterocycles. The minimum absolute atomic E-state index is 0.00765. The van der Waals surface area contributed by atoms with Gasteiger partial charge >= 0.3 is 0 Å². The van der Waals surface area contributed by atoms with E-state index in [1.807, 2.05) is 25.1 Å². The number of aromatic amines is 1. The van der Waals surface area contributed by atoms with Crippen molar-refractivity contribution in [2.75, 3.05) is 26.4 Å². The lowest BCUT2D eigenvalue weighted by molar-refractivity contribution is 0.171. The van der Waals surface area contributed by atoms with Gasteiger partial charge in [0.15, 0.2) is 11.5 Å². The van der Waals surface area contributed by atoms with Crippen LogP contribution in [0.1, 0.15) is 11.1 Å². The summed E-state index contributed by atoms with van der Waals surface area (Å²) in [6, 6.07) is 11.7. The molecule has 1 aliphatic heterocycles. The Balaban J connectivity index is 1.71. The normalized spacial score (nSPS) is 13.7. The highest BCUT2D eigenvalue weighted by atomic mass is 32.2. The maximum atomic E-state index is 13.2. The van der Waals surface area contributed by atoms with Crippen molar-refractivity contribution in [3.8, 4) is 11.5 Å². The Morgan fingerprint density at radius 3 is 2.60 bits per heavy atom. The van der Waals surface area contributed by atoms with E-state index in [9.17, 15) is 18.3 Å². The summed E-state index contributed by atoms with van der Waals surface area (Å²) < 4.78 is 38.5. The zero-order valence-corrected chi connectivity index (χ0v) is 17.2. The lowest BCUT2D eigenvalue weighted by atomic mass is 10.1. The van der Waals surface area contributed by atoms with Crippen molar-refractivity contribution in [2.24, 2.45) is 0 Å². The van der Waals surface area contributed by atoms with Crippen LogP contribution in [0.3, 0.4) is 0 Å². The molecular formula is C21H22N2O6S. The van der Waals surface area contributed by atoms with E-state index in [-0.39, 0.29) is 30.2 Å². The third-order valence-corrected chi connectivity index (χ3v) is 6.77. The van der Waals surface area contributed by atoms with Gasteiger partial charge in [-0.25, -0.2) is 8.42 Å². The summed E-state index contributed by atoms with van der Waals surface area (Å²) in [4.78, 5) is 15.3. The highest BCUT2D eigenvalue weighted by Gasteiger charge is 2.27. The van der Waals surface area contributed by atoms with Crippen molar-refractivity contribution in [1.82, 2.24) is 9.29 Å². The number of ether oxygens (including phenoxy) is 2. The Kier molecular flexibility index (Phi) is 5.50. The zero-order chi connectivity index (χ0) is 21.3. The van der Waals surface area contributed by atoms with Gasteiger partial charge in [-0.1, -0.05) is 11.6 Å². The van der Waals surface area contributed by atoms with Crippen LogP contribution in [-0.4, -0.2) is 49.2 Å². The van der Waals surface area contributed by atoms with Crippen molar-refractivity contribution >= 4 is 20.9 Å². The fraction of sp³-hybridized carbons (Fsp3) is 0.286. The van der Waals surface area contributed by atoms with Crippen LogP contribution in [0.25, 0.3) is 10.9 Å². The monoisotopic (exact) mass is 430 g/mol. The predicted molar refractivity (Wildman–Crippen MR) is 111 cm³/mol. The lowest BCUT2D eigenvalue weighted by Crippen LogP contribution is -2.35. The van der Waals surface area contributed by atoms with Gasteiger partial charge in [0.2, 0.25) is 10.0 Å². The standard InChI is InChI=1S/C21H22N2O6S/c1-14-2-4-18-15(10-14)11-16(21(25)22-18)13-23(6-7-24)30(26,27)17-3-5-19-20(12-17)29-9-8-28-19/h2-5,10-12,24H,6-9,13H2,1H3,(H,22,25). The van der Waals surface area contributed by atoms with E-state index in [4.69, 9.17) is 9.47 Å². The molecule has 1 aliphatic rings. The zero-order valence-electron chi connectivity index (χ0n) is 16.4. The molecule has 4 rings (SSSR count). The maximum Gasteiger partial charge on any atom is 0.252 e. The van der Waals surface area contributed by atoms with Gasteiger partial charge in [0.25, 0.3) is 5.56 Å². The Morgan fingerprint density at radius 1 is 1.07 bits per heavy atom. The molecule has 1 aromatic heterocycles. The van der Waals surface area contributed by atoms with E-state index in [1.54, 1.807) is 12.1 Å². The number of nitrogens with zero attached hydrogens (tertiary/aromatic N) is 1. The summed E-state index contributed by atoms with van der Waals surface area (Å²) in [6.07, 6.45) is 0. The fourth-order valence-electron chi connectivity index (χ4n) is 3.41. The number of nitrogens with one attached hydrogen (secondary N) is 1. The highest BCUT2D eigenvalue weighted by Crippen LogP contribution is 2.33. The Morgan fingerprint density at radius 2 is 1.83 bits per heavy atom. The molecule has 30 heavy (non-hydrogen) atoms. The van der Waals surface area contributed by atoms with Gasteiger partial charge in [0.1, 0.15) is 13.2 Å². The minimum Gasteiger partial charge on any atom is -0.486 e. The lowest BCUT2D eigenvalue weighted by Gasteiger charge is -2.23. The molecule has 8 nitrogen and oxygen atoms in total. The van der Waals surface area contributed by atoms with Crippen LogP contribution >= 0.6 is 0 Å². The second-order valence-electron chi connectivity index (χ2n) is 7.08. The number of hydrogen-bond acceptors (Lipinski definition) is 6. The topological polar surface area (TPSA) is 109 Å². The third kappa shape index (κ3) is 3.91. The number of sulfonamides is 1. The van der Waals surface area contributed by atoms with E-state index in [2.05, 4.69) is 4.98 Å². The Hall–Kier alpha value is -2.88. The molecule has 0 spiro atoms. The number of H-pyrrole nitrogens is 1. The number of fused-ring (bicyclic) bond motifs is 2. The average molecular weight is 430 g/mol. The van der Waals surface area contributed by atoms with Crippen LogP contribution in [0.15, 0.2) is 52.2 Å². The van der Waals surface area contributed by atoms with Crippen LogP contribution in [0, 0.1) is 6.92 Å². The molecule has 2 N–H and O–H groups in total. The molecule has 0 saturated carbocycles. The quantitative estimate of drug-likeness (QED) is 0.617. The molecule has 9 heteroatoms. The molecule has 0 amide bonds. The number of aryl methyl sites for hydroxylation is 1. The number of aliphatic hydroxyl groups is 1. The highest BCUT2D eigenvalue weighted by molar-refractivity contribution is 7.89. The number of aromatic nitrogens is 1. The van der Waals surface area contributed by atoms with E-state index >= 15 is 0 Å². The summed E-state index contributed by atoms with van der Waals surface area (Å²) in [5.74, 6) is 0.834. The van der Waals surface area contributed by atoms with E-state index < -0.39 is 10.0 Å². The van der Waals surface area contributed by atoms with Crippen molar-refractivity contribution in [2.45, 2.75) is 18.4 Å². The summed E-state index contributed by atoms with van der Waals surface area (Å²) >= 11 is 0. The van der Waals surface area contributed by atoms with Gasteiger partial charge in [-0.15, -0.1) is 0 Å². The first-order chi connectivity index (χ1) is 14.4. The summed E-state index contributed by atoms with van der Waals surface area (Å²) in [6.45, 7) is 1.98. The number of benzene rings is 2. The maximum absolute atomic E-state index is 13.2. The number of pyridine rings is 1. The molecule has 2 aromatic carbocycles. The van der Waals surface area contributed by atoms with Crippen LogP contribution in [0.4, 0.5) is 0 Å². The Bertz CT molecular complexity index is 1250. The van der Waals surface area contributed by atoms with Gasteiger partial charge in [0.05, 0.1) is 11.5 Å². The predicted octanol–water partition coefficient (Wildman–Crippen LogP) is 1.79. The van der Waals surface area contributed by atoms with E-state index in [0.717, 1.165) is 15.3 Å². The van der Waals surface area contributed by atoms with Crippen molar-refractivity contribution in [1.29, 1.82) is 0 Å². The molecule has 0 aliphatic carbocycles. The van der Waals surface area contributed by atoms with Gasteiger partial charge < -0.3 is 19.6 Å². The smallest absolute Gasteiger partial charge is 0.252 e. The van der Waals surface area contributed by atoms with Crippen molar-refractivity contribution in [3.63, 3.8) is 0 Å². The molecule has 2 heterocycles. The van der Waals surface area contributed by atoms with Crippen LogP contribution in [0.5, 0.6) is 11.5 Å². The van der Waals surface area contributed by atoms with Crippen LogP contribution in [0.2, 0.25) is 0 Å². The van der Waals surface area contributed by atoms with E-state index in [0.29, 0.717) is 35.8 Å². The molecule has 0 unspecified atom stereocenters. The van der Waals surface area contributed by atoms with Gasteiger partial charge in [-0.05, 0) is 42.6 Å². The first-order valence-corrected chi connectivity index (χ1v) is 11.0. The van der Waals surface area contributed by atoms with Gasteiger partial charge in [-0.2, -0.15) is 4.31 Å². The van der Waals surface area contributed by atoms with Crippen molar-refractivity contribution in [3.05, 3.63) is 63.9 Å². The molecule has 158 valence electrons. The SMILES string of the molecule is Cc1ccc2[nH]c(=O)c(CN(CCO)S(=O)(=O)c3ccc4c(c3)OCCO4)cc2c1. The number of rotatable bonds is 6. The van der Waals surface area contributed by atoms with E-state index in [1.165, 1.54) is 12.1 Å². The van der Waals surface area contributed by atoms with Crippen LogP contribution in [-0.2, 0) is 16.6 Å². The third-order valence-electron chi connectivity index (χ3n) is 4.92. The van der Waals surface area contributed by atoms with Gasteiger partial charge in [0, 0.05) is 30.2 Å². The number of hydrogen-bond donors (Lipinski definition) is 2. The van der Waals surface area contributed by atoms with Crippen molar-refractivity contribution < 1.29 is 23.0 Å². The molecule has 0 atom stereocenters. The first-order valence-electron chi connectivity index (χ1n) is 9.52. The molecule has 3 aromatic rings. The molecule has 0 bridgehead atoms. The molecule has 0 radical (unpaired) electrons. The first kappa shape index (κ1) is 20.4. The van der Waals surface area contributed by atoms with Gasteiger partial charge in [-0.3, -0.25) is 4.79 Å². The Labute approximate surface area is 173 Å². The summed E-state index contributed by atoms with van der Waals surface area (Å²) in [7, 11) is -3.99. The number of aliphatic hydroxyl groups excluding tert-OH is 1. The minimum atomic E-state index is -3.99. The average Bonchev–Trinajstić information content (AvgIpc) is 2.73. The van der Waals surface area contributed by atoms with Crippen LogP contribution < -0.4 is 15.0 Å². The molecular weight excluding hydrogens is 408 g/mol. The largest absolute Gasteiger partial charge is 0.486 e. The second kappa shape index (κ2) is 8.10. The molecule has 0 fully saturated rings. The summed E-state index contributed by atoms with van der Waals surface area (Å²) in [5.41, 5.74) is 1.63. The fourth-order valence-corrected chi connectivity index (χ4v) is 4.83.